The Balaban J connectivity index is 1.17. The van der Waals surface area contributed by atoms with Crippen molar-refractivity contribution in [1.82, 2.24) is 0 Å². The lowest BCUT2D eigenvalue weighted by Crippen LogP contribution is -2.28. The summed E-state index contributed by atoms with van der Waals surface area (Å²) in [7, 11) is 0. The lowest BCUT2D eigenvalue weighted by atomic mass is 9.68. The molecule has 0 saturated carbocycles. The van der Waals surface area contributed by atoms with E-state index in [4.69, 9.17) is 0 Å². The molecule has 1 heterocycles. The lowest BCUT2D eigenvalue weighted by molar-refractivity contribution is 0.792. The summed E-state index contributed by atoms with van der Waals surface area (Å²) in [5, 5.41) is 6.29. The van der Waals surface area contributed by atoms with Crippen LogP contribution in [0.25, 0.3) is 47.6 Å². The summed E-state index contributed by atoms with van der Waals surface area (Å²) in [5.74, 6) is 0. The molecule has 0 bridgehead atoms. The smallest absolute Gasteiger partial charge is 0.0738 e. The van der Waals surface area contributed by atoms with Crippen LogP contribution in [0, 0.1) is 0 Å². The highest BCUT2D eigenvalue weighted by molar-refractivity contribution is 7.22. The fourth-order valence-corrected chi connectivity index (χ4v) is 12.2. The first-order valence-electron chi connectivity index (χ1n) is 22.3. The number of allylic oxidation sites excluding steroid dienone is 8. The van der Waals surface area contributed by atoms with Gasteiger partial charge in [0, 0.05) is 43.1 Å². The second kappa shape index (κ2) is 15.0. The van der Waals surface area contributed by atoms with E-state index in [1.807, 2.05) is 11.3 Å². The number of anilines is 5. The Morgan fingerprint density at radius 1 is 0.587 bits per heavy atom. The van der Waals surface area contributed by atoms with E-state index >= 15 is 0 Å². The molecule has 3 aliphatic rings. The first-order valence-corrected chi connectivity index (χ1v) is 23.1. The van der Waals surface area contributed by atoms with Crippen molar-refractivity contribution in [2.45, 2.75) is 38.5 Å². The molecule has 63 heavy (non-hydrogen) atoms. The molecule has 0 N–H and O–H groups in total. The predicted molar refractivity (Wildman–Crippen MR) is 270 cm³/mol. The normalized spacial score (nSPS) is 16.3. The van der Waals surface area contributed by atoms with Crippen LogP contribution in [0.3, 0.4) is 0 Å². The van der Waals surface area contributed by atoms with Crippen molar-refractivity contribution in [2.24, 2.45) is 0 Å². The van der Waals surface area contributed by atoms with E-state index in [0.717, 1.165) is 30.6 Å². The third-order valence-electron chi connectivity index (χ3n) is 13.6. The van der Waals surface area contributed by atoms with Gasteiger partial charge in [-0.3, -0.25) is 0 Å². The van der Waals surface area contributed by atoms with Gasteiger partial charge >= 0.3 is 0 Å². The minimum atomic E-state index is -0.562. The number of thiophene rings is 1. The molecule has 8 aromatic carbocycles. The Bertz CT molecular complexity index is 3410. The zero-order valence-corrected chi connectivity index (χ0v) is 36.4. The standard InChI is InChI=1S/C60H46N2S/c1-3-4-30-52-40(2)47-36-34-45(61(43-23-7-5-8-24-43)55-31-17-21-41-19-11-13-27-48(41)55)38-53(47)60(52)54-39-46(35-37-50(54)59-58(60)51-29-15-16-33-57(51)63-59)62(44-25-9-6-10-26-44)56-32-18-22-42-20-12-14-28-49(42)56/h4-7,9-23,25-39H,3,8,24H2,1-2H3/b30-4-. The first kappa shape index (κ1) is 37.6. The molecule has 0 amide bonds. The SMILES string of the molecule is CC/C=C\C1=C(C)c2ccc(N(C3=CC=CCC3)c3cccc4ccccc34)cc2C12c1cc(N(c3ccccc3)c3cccc4ccccc34)ccc1-c1sc3ccccc3c12. The molecule has 0 aliphatic heterocycles. The summed E-state index contributed by atoms with van der Waals surface area (Å²) in [6.45, 7) is 4.61. The second-order valence-corrected chi connectivity index (χ2v) is 18.0. The maximum Gasteiger partial charge on any atom is 0.0738 e. The third-order valence-corrected chi connectivity index (χ3v) is 14.8. The highest BCUT2D eigenvalue weighted by atomic mass is 32.1. The highest BCUT2D eigenvalue weighted by Crippen LogP contribution is 2.66. The van der Waals surface area contributed by atoms with E-state index in [1.165, 1.54) is 98.2 Å². The van der Waals surface area contributed by atoms with Gasteiger partial charge in [-0.2, -0.15) is 0 Å². The van der Waals surface area contributed by atoms with Crippen LogP contribution in [0.4, 0.5) is 28.4 Å². The molecular weight excluding hydrogens is 781 g/mol. The van der Waals surface area contributed by atoms with Gasteiger partial charge in [-0.1, -0.05) is 153 Å². The van der Waals surface area contributed by atoms with Gasteiger partial charge in [-0.05, 0) is 142 Å². The molecule has 0 radical (unpaired) electrons. The van der Waals surface area contributed by atoms with E-state index < -0.39 is 5.41 Å². The average molecular weight is 827 g/mol. The molecule has 12 rings (SSSR count). The molecule has 1 unspecified atom stereocenters. The quantitative estimate of drug-likeness (QED) is 0.151. The zero-order valence-electron chi connectivity index (χ0n) is 35.6. The van der Waals surface area contributed by atoms with Gasteiger partial charge in [-0.15, -0.1) is 11.3 Å². The molecule has 1 atom stereocenters. The molecular formula is C60H46N2S. The molecule has 1 spiro atoms. The van der Waals surface area contributed by atoms with Crippen LogP contribution in [0.1, 0.15) is 55.4 Å². The Morgan fingerprint density at radius 3 is 1.89 bits per heavy atom. The maximum atomic E-state index is 2.56. The molecule has 9 aromatic rings. The van der Waals surface area contributed by atoms with E-state index in [0.29, 0.717) is 0 Å². The van der Waals surface area contributed by atoms with Crippen LogP contribution in [0.2, 0.25) is 0 Å². The van der Waals surface area contributed by atoms with E-state index in [-0.39, 0.29) is 0 Å². The second-order valence-electron chi connectivity index (χ2n) is 17.0. The van der Waals surface area contributed by atoms with Gasteiger partial charge < -0.3 is 9.80 Å². The van der Waals surface area contributed by atoms with Crippen molar-refractivity contribution < 1.29 is 0 Å². The third kappa shape index (κ3) is 5.69. The monoisotopic (exact) mass is 826 g/mol. The van der Waals surface area contributed by atoms with Crippen LogP contribution < -0.4 is 9.80 Å². The van der Waals surface area contributed by atoms with Gasteiger partial charge in [-0.25, -0.2) is 0 Å². The number of hydrogen-bond acceptors (Lipinski definition) is 3. The number of rotatable bonds is 8. The van der Waals surface area contributed by atoms with Crippen molar-refractivity contribution in [2.75, 3.05) is 9.80 Å². The molecule has 302 valence electrons. The Kier molecular flexibility index (Phi) is 8.95. The maximum absolute atomic E-state index is 2.56. The summed E-state index contributed by atoms with van der Waals surface area (Å²) in [6, 6.07) is 65.7. The van der Waals surface area contributed by atoms with Gasteiger partial charge in [0.2, 0.25) is 0 Å². The minimum Gasteiger partial charge on any atom is -0.314 e. The van der Waals surface area contributed by atoms with Crippen LogP contribution >= 0.6 is 11.3 Å². The molecule has 3 aliphatic carbocycles. The van der Waals surface area contributed by atoms with E-state index in [9.17, 15) is 0 Å². The largest absolute Gasteiger partial charge is 0.314 e. The van der Waals surface area contributed by atoms with E-state index in [1.54, 1.807) is 0 Å². The summed E-state index contributed by atoms with van der Waals surface area (Å²) in [6.07, 6.45) is 14.6. The summed E-state index contributed by atoms with van der Waals surface area (Å²) in [4.78, 5) is 6.39. The average Bonchev–Trinajstić information content (AvgIpc) is 3.94. The van der Waals surface area contributed by atoms with Crippen LogP contribution in [-0.2, 0) is 5.41 Å². The molecule has 3 heteroatoms. The van der Waals surface area contributed by atoms with Gasteiger partial charge in [0.15, 0.2) is 0 Å². The van der Waals surface area contributed by atoms with E-state index in [2.05, 4.69) is 230 Å². The minimum absolute atomic E-state index is 0.562. The van der Waals surface area contributed by atoms with Gasteiger partial charge in [0.25, 0.3) is 0 Å². The molecule has 1 aromatic heterocycles. The molecule has 0 fully saturated rings. The fourth-order valence-electron chi connectivity index (χ4n) is 10.9. The van der Waals surface area contributed by atoms with Crippen molar-refractivity contribution >= 4 is 77.0 Å². The topological polar surface area (TPSA) is 6.48 Å². The summed E-state index contributed by atoms with van der Waals surface area (Å²) in [5.41, 5.74) is 16.0. The lowest BCUT2D eigenvalue weighted by Gasteiger charge is -2.35. The highest BCUT2D eigenvalue weighted by Gasteiger charge is 2.54. The number of benzene rings is 8. The Labute approximate surface area is 373 Å². The Morgan fingerprint density at radius 2 is 1.19 bits per heavy atom. The van der Waals surface area contributed by atoms with Crippen molar-refractivity contribution in [1.29, 1.82) is 0 Å². The van der Waals surface area contributed by atoms with Gasteiger partial charge in [0.05, 0.1) is 16.8 Å². The number of hydrogen-bond donors (Lipinski definition) is 0. The number of nitrogens with zero attached hydrogens (tertiary/aromatic N) is 2. The number of fused-ring (bicyclic) bond motifs is 11. The van der Waals surface area contributed by atoms with Crippen LogP contribution in [0.15, 0.2) is 218 Å². The molecule has 0 saturated heterocycles. The first-order chi connectivity index (χ1) is 31.1. The van der Waals surface area contributed by atoms with Gasteiger partial charge in [0.1, 0.15) is 0 Å². The Hall–Kier alpha value is -7.20. The fraction of sp³-hybridized carbons (Fsp3) is 0.100. The zero-order chi connectivity index (χ0) is 42.1. The molecule has 2 nitrogen and oxygen atoms in total. The number of para-hydroxylation sites is 1. The van der Waals surface area contributed by atoms with Crippen LogP contribution in [0.5, 0.6) is 0 Å². The van der Waals surface area contributed by atoms with Crippen molar-refractivity contribution in [3.63, 3.8) is 0 Å². The summed E-state index contributed by atoms with van der Waals surface area (Å²) < 4.78 is 1.33. The van der Waals surface area contributed by atoms with Crippen molar-refractivity contribution in [3.8, 4) is 10.4 Å². The van der Waals surface area contributed by atoms with Crippen molar-refractivity contribution in [3.05, 3.63) is 240 Å². The van der Waals surface area contributed by atoms with Crippen LogP contribution in [-0.4, -0.2) is 0 Å². The predicted octanol–water partition coefficient (Wildman–Crippen LogP) is 17.1. The summed E-state index contributed by atoms with van der Waals surface area (Å²) >= 11 is 1.94.